The molecule has 0 unspecified atom stereocenters. The van der Waals surface area contributed by atoms with Crippen molar-refractivity contribution in [2.24, 2.45) is 7.05 Å². The third-order valence-corrected chi connectivity index (χ3v) is 5.65. The second kappa shape index (κ2) is 8.23. The third kappa shape index (κ3) is 4.02. The molecule has 0 atom stereocenters. The largest absolute Gasteiger partial charge is 0.437 e. The summed E-state index contributed by atoms with van der Waals surface area (Å²) in [6.07, 6.45) is 2.19. The molecule has 1 aromatic carbocycles. The minimum atomic E-state index is -0.854. The van der Waals surface area contributed by atoms with Gasteiger partial charge in [0.2, 0.25) is 0 Å². The molecule has 4 aromatic rings. The molecule has 3 heterocycles. The number of hydrogen-bond donors (Lipinski definition) is 1. The third-order valence-electron chi connectivity index (χ3n) is 4.54. The number of hydrogen-bond acceptors (Lipinski definition) is 6. The molecular weight excluding hydrogens is 426 g/mol. The van der Waals surface area contributed by atoms with Crippen molar-refractivity contribution in [2.75, 3.05) is 5.32 Å². The molecule has 3 aromatic heterocycles. The standard InChI is InChI=1S/C21H16F2N4O3S/c1-3-15-12(9-11(10-24-15)20-26-27(2)21(29)30-20)16-7-8-17(31-16)19(28)25-18-13(22)5-4-6-14(18)23/h4-10H,3H2,1-2H3,(H,25,28). The highest BCUT2D eigenvalue weighted by Gasteiger charge is 2.18. The van der Waals surface area contributed by atoms with Crippen LogP contribution in [-0.2, 0) is 13.5 Å². The van der Waals surface area contributed by atoms with Gasteiger partial charge in [-0.3, -0.25) is 9.78 Å². The van der Waals surface area contributed by atoms with E-state index in [1.807, 2.05) is 6.92 Å². The van der Waals surface area contributed by atoms with Crippen molar-refractivity contribution >= 4 is 22.9 Å². The molecule has 0 spiro atoms. The highest BCUT2D eigenvalue weighted by Crippen LogP contribution is 2.33. The van der Waals surface area contributed by atoms with Crippen LogP contribution in [0.15, 0.2) is 51.8 Å². The Hall–Kier alpha value is -3.66. The average Bonchev–Trinajstić information content (AvgIpc) is 3.37. The number of amides is 1. The summed E-state index contributed by atoms with van der Waals surface area (Å²) in [5, 5.41) is 6.31. The molecule has 0 saturated carbocycles. The maximum atomic E-state index is 13.8. The second-order valence-corrected chi connectivity index (χ2v) is 7.67. The van der Waals surface area contributed by atoms with Crippen LogP contribution in [0.3, 0.4) is 0 Å². The van der Waals surface area contributed by atoms with Crippen LogP contribution >= 0.6 is 11.3 Å². The average molecular weight is 442 g/mol. The number of nitrogens with one attached hydrogen (secondary N) is 1. The molecular formula is C21H16F2N4O3S. The summed E-state index contributed by atoms with van der Waals surface area (Å²) in [6, 6.07) is 8.44. The van der Waals surface area contributed by atoms with Gasteiger partial charge in [-0.15, -0.1) is 16.4 Å². The molecule has 0 aliphatic heterocycles. The van der Waals surface area contributed by atoms with Gasteiger partial charge in [0.05, 0.1) is 10.4 Å². The Kier molecular flexibility index (Phi) is 5.47. The molecule has 4 rings (SSSR count). The molecule has 1 amide bonds. The first-order chi connectivity index (χ1) is 14.9. The van der Waals surface area contributed by atoms with Gasteiger partial charge in [0.25, 0.3) is 11.8 Å². The molecule has 1 N–H and O–H groups in total. The summed E-state index contributed by atoms with van der Waals surface area (Å²) < 4.78 is 33.9. The number of para-hydroxylation sites is 1. The van der Waals surface area contributed by atoms with E-state index in [4.69, 9.17) is 4.42 Å². The van der Waals surface area contributed by atoms with E-state index in [1.54, 1.807) is 24.4 Å². The van der Waals surface area contributed by atoms with E-state index in [0.29, 0.717) is 12.0 Å². The van der Waals surface area contributed by atoms with E-state index in [1.165, 1.54) is 13.1 Å². The lowest BCUT2D eigenvalue weighted by atomic mass is 10.1. The van der Waals surface area contributed by atoms with Crippen LogP contribution < -0.4 is 11.1 Å². The first kappa shape index (κ1) is 20.6. The van der Waals surface area contributed by atoms with Gasteiger partial charge in [-0.25, -0.2) is 13.6 Å². The van der Waals surface area contributed by atoms with Crippen molar-refractivity contribution in [3.63, 3.8) is 0 Å². The van der Waals surface area contributed by atoms with Crippen LogP contribution in [0.25, 0.3) is 21.9 Å². The Morgan fingerprint density at radius 1 is 1.23 bits per heavy atom. The van der Waals surface area contributed by atoms with Crippen molar-refractivity contribution in [3.8, 4) is 21.9 Å². The number of pyridine rings is 1. The predicted octanol–water partition coefficient (Wildman–Crippen LogP) is 4.26. The van der Waals surface area contributed by atoms with Gasteiger partial charge in [-0.1, -0.05) is 13.0 Å². The first-order valence-electron chi connectivity index (χ1n) is 9.26. The molecule has 10 heteroatoms. The second-order valence-electron chi connectivity index (χ2n) is 6.58. The maximum Gasteiger partial charge on any atom is 0.437 e. The van der Waals surface area contributed by atoms with Gasteiger partial charge in [-0.05, 0) is 36.8 Å². The summed E-state index contributed by atoms with van der Waals surface area (Å²) in [4.78, 5) is 29.5. The molecule has 31 heavy (non-hydrogen) atoms. The van der Waals surface area contributed by atoms with Gasteiger partial charge in [0.1, 0.15) is 17.3 Å². The number of thiophene rings is 1. The fraction of sp³-hybridized carbons (Fsp3) is 0.143. The monoisotopic (exact) mass is 442 g/mol. The first-order valence-corrected chi connectivity index (χ1v) is 10.1. The number of carbonyl (C=O) groups is 1. The normalized spacial score (nSPS) is 11.0. The number of aromatic nitrogens is 3. The van der Waals surface area contributed by atoms with Crippen molar-refractivity contribution < 1.29 is 18.0 Å². The lowest BCUT2D eigenvalue weighted by Crippen LogP contribution is -2.12. The minimum Gasteiger partial charge on any atom is -0.388 e. The number of anilines is 1. The zero-order valence-corrected chi connectivity index (χ0v) is 17.3. The Labute approximate surface area is 179 Å². The van der Waals surface area contributed by atoms with E-state index in [0.717, 1.165) is 44.3 Å². The molecule has 0 aliphatic rings. The molecule has 0 fully saturated rings. The van der Waals surface area contributed by atoms with Crippen LogP contribution in [0, 0.1) is 11.6 Å². The van der Waals surface area contributed by atoms with Gasteiger partial charge >= 0.3 is 5.76 Å². The van der Waals surface area contributed by atoms with Crippen molar-refractivity contribution in [3.05, 3.63) is 75.4 Å². The van der Waals surface area contributed by atoms with E-state index in [-0.39, 0.29) is 10.8 Å². The number of aryl methyl sites for hydroxylation is 2. The number of nitrogens with zero attached hydrogens (tertiary/aromatic N) is 3. The van der Waals surface area contributed by atoms with Gasteiger partial charge in [0, 0.05) is 29.4 Å². The van der Waals surface area contributed by atoms with Crippen LogP contribution in [0.2, 0.25) is 0 Å². The summed E-state index contributed by atoms with van der Waals surface area (Å²) in [6.45, 7) is 1.94. The van der Waals surface area contributed by atoms with Crippen LogP contribution in [0.5, 0.6) is 0 Å². The SMILES string of the molecule is CCc1ncc(-c2nn(C)c(=O)o2)cc1-c1ccc(C(=O)Nc2c(F)cccc2F)s1. The molecule has 158 valence electrons. The number of halogens is 2. The van der Waals surface area contributed by atoms with Gasteiger partial charge < -0.3 is 9.73 Å². The number of rotatable bonds is 5. The molecule has 0 aliphatic carbocycles. The smallest absolute Gasteiger partial charge is 0.388 e. The Bertz CT molecular complexity index is 1320. The lowest BCUT2D eigenvalue weighted by molar-refractivity contribution is 0.102. The summed E-state index contributed by atoms with van der Waals surface area (Å²) >= 11 is 1.15. The quantitative estimate of drug-likeness (QED) is 0.499. The Morgan fingerprint density at radius 2 is 1.97 bits per heavy atom. The van der Waals surface area contributed by atoms with Crippen molar-refractivity contribution in [1.29, 1.82) is 0 Å². The topological polar surface area (TPSA) is 90.0 Å². The summed E-state index contributed by atoms with van der Waals surface area (Å²) in [5.41, 5.74) is 1.54. The zero-order valence-electron chi connectivity index (χ0n) is 16.5. The molecule has 0 saturated heterocycles. The van der Waals surface area contributed by atoms with E-state index >= 15 is 0 Å². The van der Waals surface area contributed by atoms with Crippen LogP contribution in [-0.4, -0.2) is 20.7 Å². The minimum absolute atomic E-state index is 0.133. The molecule has 0 radical (unpaired) electrons. The molecule has 7 nitrogen and oxygen atoms in total. The Balaban J connectivity index is 1.67. The predicted molar refractivity (Wildman–Crippen MR) is 112 cm³/mol. The highest BCUT2D eigenvalue weighted by molar-refractivity contribution is 7.17. The fourth-order valence-electron chi connectivity index (χ4n) is 2.97. The van der Waals surface area contributed by atoms with E-state index in [9.17, 15) is 18.4 Å². The molecule has 0 bridgehead atoms. The van der Waals surface area contributed by atoms with E-state index < -0.39 is 29.0 Å². The van der Waals surface area contributed by atoms with Crippen molar-refractivity contribution in [1.82, 2.24) is 14.8 Å². The maximum absolute atomic E-state index is 13.8. The summed E-state index contributed by atoms with van der Waals surface area (Å²) in [5.74, 6) is -2.79. The zero-order chi connectivity index (χ0) is 22.1. The van der Waals surface area contributed by atoms with Crippen molar-refractivity contribution in [2.45, 2.75) is 13.3 Å². The summed E-state index contributed by atoms with van der Waals surface area (Å²) in [7, 11) is 1.48. The highest BCUT2D eigenvalue weighted by atomic mass is 32.1. The van der Waals surface area contributed by atoms with Gasteiger partial charge in [0.15, 0.2) is 0 Å². The lowest BCUT2D eigenvalue weighted by Gasteiger charge is -2.07. The van der Waals surface area contributed by atoms with Crippen LogP contribution in [0.1, 0.15) is 22.3 Å². The fourth-order valence-corrected chi connectivity index (χ4v) is 3.90. The van der Waals surface area contributed by atoms with E-state index in [2.05, 4.69) is 15.4 Å². The number of carbonyl (C=O) groups excluding carboxylic acids is 1. The van der Waals surface area contributed by atoms with Gasteiger partial charge in [-0.2, -0.15) is 4.68 Å². The number of benzene rings is 1. The Morgan fingerprint density at radius 3 is 2.61 bits per heavy atom. The van der Waals surface area contributed by atoms with Crippen LogP contribution in [0.4, 0.5) is 14.5 Å².